The average Bonchev–Trinajstić information content (AvgIpc) is 3.46. The van der Waals surface area contributed by atoms with Gasteiger partial charge in [-0.25, -0.2) is 9.97 Å². The first-order valence-corrected chi connectivity index (χ1v) is 11.6. The van der Waals surface area contributed by atoms with Crippen molar-refractivity contribution in [2.24, 2.45) is 0 Å². The summed E-state index contributed by atoms with van der Waals surface area (Å²) < 4.78 is 9.66. The lowest BCUT2D eigenvalue weighted by Gasteiger charge is -2.19. The summed E-state index contributed by atoms with van der Waals surface area (Å²) in [4.78, 5) is 24.6. The Kier molecular flexibility index (Phi) is 6.27. The number of thiophene rings is 1. The van der Waals surface area contributed by atoms with E-state index >= 15 is 0 Å². The molecule has 0 aliphatic carbocycles. The second-order valence-electron chi connectivity index (χ2n) is 6.25. The molecule has 0 atom stereocenters. The summed E-state index contributed by atoms with van der Waals surface area (Å²) in [5, 5.41) is 0.687. The number of ether oxygens (including phenoxy) is 1. The number of fused-ring (bicyclic) bond motifs is 1. The van der Waals surface area contributed by atoms with E-state index in [4.69, 9.17) is 9.72 Å². The zero-order chi connectivity index (χ0) is 20.2. The van der Waals surface area contributed by atoms with Gasteiger partial charge in [-0.2, -0.15) is 0 Å². The molecular weight excluding hydrogens is 472 g/mol. The van der Waals surface area contributed by atoms with Gasteiger partial charge in [0.05, 0.1) is 26.3 Å². The van der Waals surface area contributed by atoms with Gasteiger partial charge in [-0.15, -0.1) is 11.3 Å². The molecule has 0 aliphatic rings. The van der Waals surface area contributed by atoms with E-state index in [-0.39, 0.29) is 5.91 Å². The Morgan fingerprint density at radius 2 is 2.17 bits per heavy atom. The lowest BCUT2D eigenvalue weighted by molar-refractivity contribution is 0.0990. The topological polar surface area (TPSA) is 60.2 Å². The second-order valence-corrected chi connectivity index (χ2v) is 9.72. The minimum atomic E-state index is -0.0386. The van der Waals surface area contributed by atoms with Crippen LogP contribution >= 0.6 is 38.6 Å². The Morgan fingerprint density at radius 1 is 1.28 bits per heavy atom. The van der Waals surface area contributed by atoms with Gasteiger partial charge >= 0.3 is 0 Å². The molecule has 0 radical (unpaired) electrons. The van der Waals surface area contributed by atoms with Crippen molar-refractivity contribution in [3.05, 3.63) is 57.7 Å². The number of aromatic nitrogens is 3. The van der Waals surface area contributed by atoms with Gasteiger partial charge in [0, 0.05) is 25.5 Å². The van der Waals surface area contributed by atoms with E-state index in [1.807, 2.05) is 48.0 Å². The first kappa shape index (κ1) is 20.1. The molecule has 1 aromatic carbocycles. The highest BCUT2D eigenvalue weighted by Crippen LogP contribution is 2.35. The van der Waals surface area contributed by atoms with E-state index in [1.165, 1.54) is 22.7 Å². The van der Waals surface area contributed by atoms with Crippen LogP contribution in [0.25, 0.3) is 10.2 Å². The third-order valence-corrected chi connectivity index (χ3v) is 6.94. The van der Waals surface area contributed by atoms with E-state index in [0.717, 1.165) is 32.7 Å². The fourth-order valence-electron chi connectivity index (χ4n) is 2.98. The van der Waals surface area contributed by atoms with Crippen molar-refractivity contribution in [2.45, 2.75) is 19.9 Å². The Balaban J connectivity index is 1.64. The molecule has 3 aromatic heterocycles. The number of amides is 1. The number of rotatable bonds is 8. The van der Waals surface area contributed by atoms with Gasteiger partial charge in [-0.1, -0.05) is 17.4 Å². The highest BCUT2D eigenvalue weighted by Gasteiger charge is 2.23. The molecule has 4 aromatic rings. The van der Waals surface area contributed by atoms with Crippen molar-refractivity contribution in [1.29, 1.82) is 0 Å². The summed E-state index contributed by atoms with van der Waals surface area (Å²) in [6.45, 7) is 3.87. The quantitative estimate of drug-likeness (QED) is 0.329. The zero-order valence-electron chi connectivity index (χ0n) is 15.7. The Bertz CT molecular complexity index is 1110. The van der Waals surface area contributed by atoms with Gasteiger partial charge in [0.1, 0.15) is 11.3 Å². The molecule has 3 heterocycles. The summed E-state index contributed by atoms with van der Waals surface area (Å²) in [5.74, 6) is 0.709. The molecule has 0 spiro atoms. The van der Waals surface area contributed by atoms with Gasteiger partial charge in [0.15, 0.2) is 5.13 Å². The normalized spacial score (nSPS) is 11.1. The average molecular weight is 491 g/mol. The number of aryl methyl sites for hydroxylation is 1. The number of imidazole rings is 1. The second kappa shape index (κ2) is 9.06. The number of carbonyl (C=O) groups is 1. The van der Waals surface area contributed by atoms with E-state index in [9.17, 15) is 4.79 Å². The van der Waals surface area contributed by atoms with E-state index in [2.05, 4.69) is 20.9 Å². The molecule has 0 unspecified atom stereocenters. The smallest absolute Gasteiger partial charge is 0.270 e. The van der Waals surface area contributed by atoms with Gasteiger partial charge in [-0.05, 0) is 53.5 Å². The molecule has 1 amide bonds. The maximum atomic E-state index is 13.3. The number of carbonyl (C=O) groups excluding carboxylic acids is 1. The van der Waals surface area contributed by atoms with Crippen LogP contribution in [-0.2, 0) is 6.54 Å². The minimum Gasteiger partial charge on any atom is -0.492 e. The summed E-state index contributed by atoms with van der Waals surface area (Å²) in [5.41, 5.74) is 0.800. The standard InChI is InChI=1S/C20H19BrN4O2S2/c1-2-27-14-5-3-6-15-18(14)23-20(29-15)25(11-4-10-24-12-9-22-13-24)19(26)16-7-8-17(21)28-16/h3,5-9,12-13H,2,4,10-11H2,1H3. The molecule has 0 bridgehead atoms. The van der Waals surface area contributed by atoms with Crippen LogP contribution in [0.4, 0.5) is 5.13 Å². The highest BCUT2D eigenvalue weighted by molar-refractivity contribution is 9.11. The number of hydrogen-bond acceptors (Lipinski definition) is 6. The molecule has 6 nitrogen and oxygen atoms in total. The molecular formula is C20H19BrN4O2S2. The fraction of sp³-hybridized carbons (Fsp3) is 0.250. The number of benzene rings is 1. The van der Waals surface area contributed by atoms with Crippen LogP contribution in [0, 0.1) is 0 Å². The molecule has 0 saturated heterocycles. The van der Waals surface area contributed by atoms with Crippen LogP contribution in [0.1, 0.15) is 23.0 Å². The number of anilines is 1. The molecule has 0 saturated carbocycles. The maximum absolute atomic E-state index is 13.3. The van der Waals surface area contributed by atoms with Gasteiger partial charge in [0.2, 0.25) is 0 Å². The number of thiazole rings is 1. The van der Waals surface area contributed by atoms with Crippen LogP contribution < -0.4 is 9.64 Å². The molecule has 0 aliphatic heterocycles. The van der Waals surface area contributed by atoms with E-state index < -0.39 is 0 Å². The molecule has 29 heavy (non-hydrogen) atoms. The summed E-state index contributed by atoms with van der Waals surface area (Å²) in [6, 6.07) is 9.62. The molecule has 4 rings (SSSR count). The molecule has 9 heteroatoms. The SMILES string of the molecule is CCOc1cccc2sc(N(CCCn3ccnc3)C(=O)c3ccc(Br)s3)nc12. The first-order chi connectivity index (χ1) is 14.2. The summed E-state index contributed by atoms with van der Waals surface area (Å²) >= 11 is 6.39. The van der Waals surface area contributed by atoms with Gasteiger partial charge in [-0.3, -0.25) is 9.69 Å². The molecule has 150 valence electrons. The van der Waals surface area contributed by atoms with Crippen LogP contribution in [0.5, 0.6) is 5.75 Å². The lowest BCUT2D eigenvalue weighted by atomic mass is 10.3. The number of hydrogen-bond donors (Lipinski definition) is 0. The Hall–Kier alpha value is -2.23. The monoisotopic (exact) mass is 490 g/mol. The van der Waals surface area contributed by atoms with Crippen molar-refractivity contribution in [2.75, 3.05) is 18.1 Å². The van der Waals surface area contributed by atoms with Crippen molar-refractivity contribution in [3.8, 4) is 5.75 Å². The summed E-state index contributed by atoms with van der Waals surface area (Å²) in [6.07, 6.45) is 6.26. The number of para-hydroxylation sites is 1. The van der Waals surface area contributed by atoms with Crippen LogP contribution in [0.2, 0.25) is 0 Å². The summed E-state index contributed by atoms with van der Waals surface area (Å²) in [7, 11) is 0. The van der Waals surface area contributed by atoms with E-state index in [1.54, 1.807) is 17.4 Å². The fourth-order valence-corrected chi connectivity index (χ4v) is 5.32. The lowest BCUT2D eigenvalue weighted by Crippen LogP contribution is -2.31. The van der Waals surface area contributed by atoms with Crippen LogP contribution in [-0.4, -0.2) is 33.6 Å². The number of halogens is 1. The van der Waals surface area contributed by atoms with Crippen LogP contribution in [0.3, 0.4) is 0 Å². The van der Waals surface area contributed by atoms with E-state index in [0.29, 0.717) is 23.2 Å². The predicted octanol–water partition coefficient (Wildman–Crippen LogP) is 5.45. The number of nitrogens with zero attached hydrogens (tertiary/aromatic N) is 4. The molecule has 0 N–H and O–H groups in total. The highest BCUT2D eigenvalue weighted by atomic mass is 79.9. The minimum absolute atomic E-state index is 0.0386. The predicted molar refractivity (Wildman–Crippen MR) is 121 cm³/mol. The Labute approximate surface area is 184 Å². The van der Waals surface area contributed by atoms with Gasteiger partial charge in [0.25, 0.3) is 5.91 Å². The van der Waals surface area contributed by atoms with Gasteiger partial charge < -0.3 is 9.30 Å². The third kappa shape index (κ3) is 4.52. The zero-order valence-corrected chi connectivity index (χ0v) is 19.0. The first-order valence-electron chi connectivity index (χ1n) is 9.21. The van der Waals surface area contributed by atoms with Crippen molar-refractivity contribution < 1.29 is 9.53 Å². The van der Waals surface area contributed by atoms with Crippen molar-refractivity contribution >= 4 is 59.9 Å². The Morgan fingerprint density at radius 3 is 2.90 bits per heavy atom. The molecule has 0 fully saturated rings. The maximum Gasteiger partial charge on any atom is 0.270 e. The third-order valence-electron chi connectivity index (χ3n) is 4.29. The largest absolute Gasteiger partial charge is 0.492 e. The van der Waals surface area contributed by atoms with Crippen molar-refractivity contribution in [1.82, 2.24) is 14.5 Å². The van der Waals surface area contributed by atoms with Crippen molar-refractivity contribution in [3.63, 3.8) is 0 Å². The van der Waals surface area contributed by atoms with Crippen LogP contribution in [0.15, 0.2) is 52.8 Å².